The van der Waals surface area contributed by atoms with Gasteiger partial charge in [-0.2, -0.15) is 0 Å². The van der Waals surface area contributed by atoms with Gasteiger partial charge < -0.3 is 10.1 Å². The van der Waals surface area contributed by atoms with Gasteiger partial charge in [0.1, 0.15) is 0 Å². The van der Waals surface area contributed by atoms with Crippen LogP contribution in [0, 0.1) is 0 Å². The van der Waals surface area contributed by atoms with Gasteiger partial charge in [0.15, 0.2) is 0 Å². The van der Waals surface area contributed by atoms with Gasteiger partial charge in [-0.1, -0.05) is 65.3 Å². The normalized spacial score (nSPS) is 13.9. The van der Waals surface area contributed by atoms with Crippen LogP contribution in [0.25, 0.3) is 0 Å². The molecular weight excluding hydrogens is 326 g/mol. The molecule has 0 bridgehead atoms. The molecule has 2 aromatic rings. The molecule has 3 heteroatoms. The van der Waals surface area contributed by atoms with Gasteiger partial charge in [0, 0.05) is 17.6 Å². The molecule has 0 fully saturated rings. The van der Waals surface area contributed by atoms with Crippen molar-refractivity contribution in [2.24, 2.45) is 0 Å². The summed E-state index contributed by atoms with van der Waals surface area (Å²) in [6.45, 7) is 2.87. The highest BCUT2D eigenvalue weighted by Gasteiger charge is 2.17. The van der Waals surface area contributed by atoms with Gasteiger partial charge in [-0.15, -0.1) is 0 Å². The zero-order chi connectivity index (χ0) is 15.1. The third kappa shape index (κ3) is 4.67. The van der Waals surface area contributed by atoms with Crippen molar-refractivity contribution in [3.63, 3.8) is 0 Å². The minimum absolute atomic E-state index is 0.199. The molecule has 2 atom stereocenters. The molecule has 0 spiro atoms. The molecule has 0 amide bonds. The molecule has 0 saturated heterocycles. The summed E-state index contributed by atoms with van der Waals surface area (Å²) in [6.07, 6.45) is 1.04. The van der Waals surface area contributed by atoms with Crippen molar-refractivity contribution in [2.75, 3.05) is 13.7 Å². The maximum atomic E-state index is 5.39. The Morgan fingerprint density at radius 1 is 0.952 bits per heavy atom. The summed E-state index contributed by atoms with van der Waals surface area (Å²) in [5.41, 5.74) is 2.56. The van der Waals surface area contributed by atoms with Crippen molar-refractivity contribution in [1.82, 2.24) is 5.32 Å². The van der Waals surface area contributed by atoms with Gasteiger partial charge in [0.2, 0.25) is 0 Å². The first-order chi connectivity index (χ1) is 10.2. The summed E-state index contributed by atoms with van der Waals surface area (Å²) in [7, 11) is 1.75. The van der Waals surface area contributed by atoms with Crippen molar-refractivity contribution in [2.45, 2.75) is 25.4 Å². The highest BCUT2D eigenvalue weighted by Crippen LogP contribution is 2.24. The molecule has 0 aliphatic rings. The Morgan fingerprint density at radius 2 is 1.57 bits per heavy atom. The van der Waals surface area contributed by atoms with Crippen molar-refractivity contribution in [3.05, 3.63) is 70.2 Å². The number of halogens is 1. The van der Waals surface area contributed by atoms with E-state index < -0.39 is 0 Å². The van der Waals surface area contributed by atoms with E-state index in [4.69, 9.17) is 4.74 Å². The minimum Gasteiger partial charge on any atom is -0.383 e. The lowest BCUT2D eigenvalue weighted by Gasteiger charge is -2.25. The lowest BCUT2D eigenvalue weighted by atomic mass is 10.0. The smallest absolute Gasteiger partial charge is 0.0657 e. The first kappa shape index (κ1) is 16.2. The fourth-order valence-corrected chi connectivity index (χ4v) is 2.74. The Hall–Kier alpha value is -1.16. The summed E-state index contributed by atoms with van der Waals surface area (Å²) in [4.78, 5) is 0. The second-order valence-electron chi connectivity index (χ2n) is 5.10. The van der Waals surface area contributed by atoms with Crippen LogP contribution in [-0.4, -0.2) is 13.7 Å². The highest BCUT2D eigenvalue weighted by molar-refractivity contribution is 9.10. The van der Waals surface area contributed by atoms with Crippen LogP contribution < -0.4 is 5.32 Å². The van der Waals surface area contributed by atoms with Crippen LogP contribution >= 0.6 is 15.9 Å². The number of methoxy groups -OCH3 is 1. The molecule has 0 aliphatic carbocycles. The van der Waals surface area contributed by atoms with Crippen LogP contribution in [-0.2, 0) is 4.74 Å². The van der Waals surface area contributed by atoms with E-state index in [1.165, 1.54) is 11.1 Å². The van der Waals surface area contributed by atoms with Crippen LogP contribution in [0.1, 0.15) is 36.6 Å². The third-order valence-electron chi connectivity index (χ3n) is 3.62. The Labute approximate surface area is 135 Å². The van der Waals surface area contributed by atoms with E-state index in [9.17, 15) is 0 Å². The minimum atomic E-state index is 0.199. The van der Waals surface area contributed by atoms with E-state index in [2.05, 4.69) is 76.7 Å². The summed E-state index contributed by atoms with van der Waals surface area (Å²) < 4.78 is 6.50. The second-order valence-corrected chi connectivity index (χ2v) is 6.01. The van der Waals surface area contributed by atoms with E-state index in [-0.39, 0.29) is 6.04 Å². The number of nitrogens with one attached hydrogen (secondary N) is 1. The Morgan fingerprint density at radius 3 is 2.14 bits per heavy atom. The molecule has 2 nitrogen and oxygen atoms in total. The van der Waals surface area contributed by atoms with Gasteiger partial charge in [-0.05, 0) is 29.7 Å². The fourth-order valence-electron chi connectivity index (χ4n) is 2.48. The van der Waals surface area contributed by atoms with Gasteiger partial charge in [0.25, 0.3) is 0 Å². The average molecular weight is 348 g/mol. The molecule has 112 valence electrons. The molecule has 0 heterocycles. The monoisotopic (exact) mass is 347 g/mol. The molecular formula is C18H22BrNO. The lowest BCUT2D eigenvalue weighted by molar-refractivity contribution is 0.160. The van der Waals surface area contributed by atoms with Crippen LogP contribution in [0.3, 0.4) is 0 Å². The molecule has 2 aromatic carbocycles. The standard InChI is InChI=1S/C18H22BrNO/c1-3-17(15-9-11-16(19)12-10-15)20-18(13-21-2)14-7-5-4-6-8-14/h4-12,17-18,20H,3,13H2,1-2H3. The number of rotatable bonds is 7. The fraction of sp³-hybridized carbons (Fsp3) is 0.333. The highest BCUT2D eigenvalue weighted by atomic mass is 79.9. The zero-order valence-electron chi connectivity index (χ0n) is 12.6. The first-order valence-corrected chi connectivity index (χ1v) is 8.09. The maximum absolute atomic E-state index is 5.39. The summed E-state index contributed by atoms with van der Waals surface area (Å²) in [5.74, 6) is 0. The Bertz CT molecular complexity index is 527. The summed E-state index contributed by atoms with van der Waals surface area (Å²) >= 11 is 3.49. The Kier molecular flexibility index (Phi) is 6.43. The van der Waals surface area contributed by atoms with Crippen LogP contribution in [0.2, 0.25) is 0 Å². The van der Waals surface area contributed by atoms with Crippen molar-refractivity contribution < 1.29 is 4.74 Å². The first-order valence-electron chi connectivity index (χ1n) is 7.30. The molecule has 1 N–H and O–H groups in total. The van der Waals surface area contributed by atoms with Crippen LogP contribution in [0.4, 0.5) is 0 Å². The summed E-state index contributed by atoms with van der Waals surface area (Å²) in [6, 6.07) is 19.5. The van der Waals surface area contributed by atoms with Crippen LogP contribution in [0.5, 0.6) is 0 Å². The molecule has 2 unspecified atom stereocenters. The average Bonchev–Trinajstić information content (AvgIpc) is 2.53. The molecule has 0 radical (unpaired) electrons. The predicted octanol–water partition coefficient (Wildman–Crippen LogP) is 4.88. The van der Waals surface area contributed by atoms with E-state index in [0.29, 0.717) is 12.6 Å². The molecule has 2 rings (SSSR count). The van der Waals surface area contributed by atoms with E-state index in [1.54, 1.807) is 7.11 Å². The molecule has 21 heavy (non-hydrogen) atoms. The largest absolute Gasteiger partial charge is 0.383 e. The van der Waals surface area contributed by atoms with E-state index in [0.717, 1.165) is 10.9 Å². The maximum Gasteiger partial charge on any atom is 0.0657 e. The number of hydrogen-bond acceptors (Lipinski definition) is 2. The van der Waals surface area contributed by atoms with Crippen molar-refractivity contribution >= 4 is 15.9 Å². The lowest BCUT2D eigenvalue weighted by Crippen LogP contribution is -2.29. The Balaban J connectivity index is 2.15. The predicted molar refractivity (Wildman–Crippen MR) is 91.4 cm³/mol. The van der Waals surface area contributed by atoms with Crippen molar-refractivity contribution in [3.8, 4) is 0 Å². The zero-order valence-corrected chi connectivity index (χ0v) is 14.1. The van der Waals surface area contributed by atoms with Gasteiger partial charge >= 0.3 is 0 Å². The SMILES string of the molecule is CCC(NC(COC)c1ccccc1)c1ccc(Br)cc1. The number of hydrogen-bond donors (Lipinski definition) is 1. The number of benzene rings is 2. The van der Waals surface area contributed by atoms with Crippen molar-refractivity contribution in [1.29, 1.82) is 0 Å². The van der Waals surface area contributed by atoms with Crippen LogP contribution in [0.15, 0.2) is 59.1 Å². The summed E-state index contributed by atoms with van der Waals surface area (Å²) in [5, 5.41) is 3.72. The van der Waals surface area contributed by atoms with E-state index >= 15 is 0 Å². The molecule has 0 aliphatic heterocycles. The third-order valence-corrected chi connectivity index (χ3v) is 4.15. The van der Waals surface area contributed by atoms with Gasteiger partial charge in [0.05, 0.1) is 12.6 Å². The van der Waals surface area contributed by atoms with Gasteiger partial charge in [-0.25, -0.2) is 0 Å². The second kappa shape index (κ2) is 8.32. The van der Waals surface area contributed by atoms with Gasteiger partial charge in [-0.3, -0.25) is 0 Å². The van der Waals surface area contributed by atoms with E-state index in [1.807, 2.05) is 6.07 Å². The molecule has 0 aromatic heterocycles. The molecule has 0 saturated carbocycles. The quantitative estimate of drug-likeness (QED) is 0.770. The number of ether oxygens (including phenoxy) is 1. The topological polar surface area (TPSA) is 21.3 Å².